The second-order valence-electron chi connectivity index (χ2n) is 13.3. The fourth-order valence-electron chi connectivity index (χ4n) is 6.79. The zero-order chi connectivity index (χ0) is 30.4. The zero-order valence-corrected chi connectivity index (χ0v) is 26.2. The predicted octanol–water partition coefficient (Wildman–Crippen LogP) is 6.35. The van der Waals surface area contributed by atoms with Gasteiger partial charge >= 0.3 is 6.03 Å². The van der Waals surface area contributed by atoms with Crippen molar-refractivity contribution in [2.24, 2.45) is 11.1 Å². The quantitative estimate of drug-likeness (QED) is 0.316. The first-order chi connectivity index (χ1) is 20.7. The Kier molecular flexibility index (Phi) is 10.2. The van der Waals surface area contributed by atoms with Crippen molar-refractivity contribution < 1.29 is 9.18 Å². The van der Waals surface area contributed by atoms with Crippen molar-refractivity contribution in [3.63, 3.8) is 0 Å². The summed E-state index contributed by atoms with van der Waals surface area (Å²) in [6.45, 7) is 9.74. The van der Waals surface area contributed by atoms with E-state index >= 15 is 4.39 Å². The molecule has 2 amide bonds. The number of aromatic nitrogens is 2. The van der Waals surface area contributed by atoms with Crippen LogP contribution >= 0.6 is 0 Å². The first-order valence-corrected chi connectivity index (χ1v) is 16.0. The number of nitrogens with zero attached hydrogens (tertiary/aromatic N) is 5. The normalized spacial score (nSPS) is 18.4. The Bertz CT molecular complexity index is 1290. The Hall–Kier alpha value is -3.23. The number of rotatable bonds is 9. The second kappa shape index (κ2) is 14.0. The lowest BCUT2D eigenvalue weighted by atomic mass is 9.84. The summed E-state index contributed by atoms with van der Waals surface area (Å²) in [5.74, 6) is 0.758. The molecule has 2 fully saturated rings. The predicted molar refractivity (Wildman–Crippen MR) is 171 cm³/mol. The number of hydrogen-bond donors (Lipinski definition) is 1. The van der Waals surface area contributed by atoms with E-state index in [4.69, 9.17) is 10.7 Å². The highest BCUT2D eigenvalue weighted by Gasteiger charge is 2.41. The average molecular weight is 589 g/mol. The van der Waals surface area contributed by atoms with Crippen LogP contribution in [-0.4, -0.2) is 81.8 Å². The van der Waals surface area contributed by atoms with Crippen LogP contribution in [0.5, 0.6) is 0 Å². The molecule has 8 heteroatoms. The number of hydrogen-bond acceptors (Lipinski definition) is 4. The molecule has 5 rings (SSSR count). The van der Waals surface area contributed by atoms with E-state index in [2.05, 4.69) is 48.6 Å². The topological polar surface area (TPSA) is 70.6 Å². The van der Waals surface area contributed by atoms with Crippen molar-refractivity contribution in [2.45, 2.75) is 77.7 Å². The van der Waals surface area contributed by atoms with Gasteiger partial charge in [0.25, 0.3) is 0 Å². The average Bonchev–Trinajstić information content (AvgIpc) is 3.43. The fraction of sp³-hybridized carbons (Fsp3) is 0.543. The Balaban J connectivity index is 1.49. The van der Waals surface area contributed by atoms with E-state index in [0.29, 0.717) is 25.7 Å². The van der Waals surface area contributed by atoms with Crippen molar-refractivity contribution in [1.82, 2.24) is 24.3 Å². The Morgan fingerprint density at radius 3 is 2.21 bits per heavy atom. The standard InChI is InChI=1S/C35H49FN6O/c1-35(2,3)32(33-38-31(28-15-9-5-10-16-28)26-41(33)24-27-13-7-4-8-14-27)42(25-29(36)23-37)34(43)40-21-19-39(20-22-40)30-17-11-6-12-18-30/h4-5,7-10,13-16,26,29-30,32H,6,11-12,17-25,37H2,1-3H3. The van der Waals surface area contributed by atoms with Gasteiger partial charge in [-0.25, -0.2) is 14.2 Å². The minimum Gasteiger partial charge on any atom is -0.328 e. The number of halogens is 1. The second-order valence-corrected chi connectivity index (χ2v) is 13.3. The number of amides is 2. The van der Waals surface area contributed by atoms with Crippen molar-refractivity contribution in [1.29, 1.82) is 0 Å². The number of alkyl halides is 1. The molecule has 1 aliphatic heterocycles. The minimum absolute atomic E-state index is 0.0705. The van der Waals surface area contributed by atoms with E-state index in [9.17, 15) is 4.79 Å². The molecule has 2 aromatic carbocycles. The molecule has 43 heavy (non-hydrogen) atoms. The van der Waals surface area contributed by atoms with Gasteiger partial charge < -0.3 is 20.1 Å². The molecule has 2 heterocycles. The maximum atomic E-state index is 15.2. The van der Waals surface area contributed by atoms with Gasteiger partial charge in [0, 0.05) is 57.1 Å². The first-order valence-electron chi connectivity index (χ1n) is 16.0. The summed E-state index contributed by atoms with van der Waals surface area (Å²) >= 11 is 0. The number of carbonyl (C=O) groups is 1. The van der Waals surface area contributed by atoms with E-state index in [-0.39, 0.29) is 19.1 Å². The lowest BCUT2D eigenvalue weighted by Crippen LogP contribution is -2.57. The van der Waals surface area contributed by atoms with Gasteiger partial charge in [0.15, 0.2) is 0 Å². The third-order valence-corrected chi connectivity index (χ3v) is 9.02. The Morgan fingerprint density at radius 2 is 1.60 bits per heavy atom. The Labute approximate surface area is 256 Å². The van der Waals surface area contributed by atoms with Crippen molar-refractivity contribution >= 4 is 6.03 Å². The van der Waals surface area contributed by atoms with Crippen LogP contribution in [0, 0.1) is 5.41 Å². The van der Waals surface area contributed by atoms with Crippen LogP contribution in [0.4, 0.5) is 9.18 Å². The first kappa shape index (κ1) is 31.2. The van der Waals surface area contributed by atoms with Crippen LogP contribution in [0.3, 0.4) is 0 Å². The smallest absolute Gasteiger partial charge is 0.320 e. The van der Waals surface area contributed by atoms with Crippen LogP contribution in [0.15, 0.2) is 66.9 Å². The molecule has 2 N–H and O–H groups in total. The van der Waals surface area contributed by atoms with E-state index < -0.39 is 17.6 Å². The van der Waals surface area contributed by atoms with Gasteiger partial charge in [-0.3, -0.25) is 4.90 Å². The molecular weight excluding hydrogens is 539 g/mol. The van der Waals surface area contributed by atoms with Crippen LogP contribution in [0.2, 0.25) is 0 Å². The molecule has 2 unspecified atom stereocenters. The number of piperazine rings is 1. The van der Waals surface area contributed by atoms with Gasteiger partial charge in [-0.05, 0) is 23.8 Å². The van der Waals surface area contributed by atoms with Crippen LogP contribution in [0.1, 0.15) is 70.3 Å². The fourth-order valence-corrected chi connectivity index (χ4v) is 6.79. The molecule has 1 aliphatic carbocycles. The van der Waals surface area contributed by atoms with Gasteiger partial charge in [-0.1, -0.05) is 101 Å². The number of benzene rings is 2. The van der Waals surface area contributed by atoms with Gasteiger partial charge in [0.1, 0.15) is 12.0 Å². The maximum absolute atomic E-state index is 15.2. The Morgan fingerprint density at radius 1 is 0.977 bits per heavy atom. The number of carbonyl (C=O) groups excluding carboxylic acids is 1. The molecular formula is C35H49FN6O. The minimum atomic E-state index is -1.33. The summed E-state index contributed by atoms with van der Waals surface area (Å²) in [7, 11) is 0. The monoisotopic (exact) mass is 588 g/mol. The summed E-state index contributed by atoms with van der Waals surface area (Å²) in [5.41, 5.74) is 8.35. The number of imidazole rings is 1. The third-order valence-electron chi connectivity index (χ3n) is 9.02. The molecule has 1 saturated heterocycles. The van der Waals surface area contributed by atoms with Crippen LogP contribution in [0.25, 0.3) is 11.3 Å². The largest absolute Gasteiger partial charge is 0.328 e. The zero-order valence-electron chi connectivity index (χ0n) is 26.2. The van der Waals surface area contributed by atoms with Crippen molar-refractivity contribution in [3.8, 4) is 11.3 Å². The molecule has 2 aliphatic rings. The molecule has 0 spiro atoms. The molecule has 3 aromatic rings. The number of nitrogens with two attached hydrogens (primary N) is 1. The van der Waals surface area contributed by atoms with Crippen LogP contribution < -0.4 is 5.73 Å². The van der Waals surface area contributed by atoms with E-state index in [1.807, 2.05) is 53.4 Å². The molecule has 232 valence electrons. The number of urea groups is 1. The summed E-state index contributed by atoms with van der Waals surface area (Å²) in [6.07, 6.45) is 7.15. The van der Waals surface area contributed by atoms with Crippen molar-refractivity contribution in [3.05, 3.63) is 78.2 Å². The molecule has 0 bridgehead atoms. The lowest BCUT2D eigenvalue weighted by Gasteiger charge is -2.45. The maximum Gasteiger partial charge on any atom is 0.320 e. The van der Waals surface area contributed by atoms with E-state index in [0.717, 1.165) is 35.7 Å². The third kappa shape index (κ3) is 7.65. The highest BCUT2D eigenvalue weighted by atomic mass is 19.1. The molecule has 1 saturated carbocycles. The van der Waals surface area contributed by atoms with E-state index in [1.165, 1.54) is 32.1 Å². The van der Waals surface area contributed by atoms with Gasteiger partial charge in [0.05, 0.1) is 18.3 Å². The summed E-state index contributed by atoms with van der Waals surface area (Å²) < 4.78 is 17.4. The lowest BCUT2D eigenvalue weighted by molar-refractivity contribution is 0.0446. The molecule has 2 atom stereocenters. The van der Waals surface area contributed by atoms with E-state index in [1.54, 1.807) is 4.90 Å². The summed E-state index contributed by atoms with van der Waals surface area (Å²) in [6, 6.07) is 20.4. The van der Waals surface area contributed by atoms with Crippen molar-refractivity contribution in [2.75, 3.05) is 39.3 Å². The van der Waals surface area contributed by atoms with Gasteiger partial charge in [0.2, 0.25) is 0 Å². The molecule has 7 nitrogen and oxygen atoms in total. The van der Waals surface area contributed by atoms with Gasteiger partial charge in [-0.2, -0.15) is 0 Å². The molecule has 1 aromatic heterocycles. The van der Waals surface area contributed by atoms with Crippen LogP contribution in [-0.2, 0) is 6.54 Å². The highest BCUT2D eigenvalue weighted by molar-refractivity contribution is 5.75. The summed E-state index contributed by atoms with van der Waals surface area (Å²) in [4.78, 5) is 25.8. The van der Waals surface area contributed by atoms with Gasteiger partial charge in [-0.15, -0.1) is 0 Å². The highest BCUT2D eigenvalue weighted by Crippen LogP contribution is 2.40. The SMILES string of the molecule is CC(C)(C)C(c1nc(-c2ccccc2)cn1Cc1ccccc1)N(CC(F)CN)C(=O)N1CCN(C2CCCCC2)CC1. The summed E-state index contributed by atoms with van der Waals surface area (Å²) in [5, 5.41) is 0. The molecule has 0 radical (unpaired) electrons.